The molecule has 0 bridgehead atoms. The van der Waals surface area contributed by atoms with E-state index < -0.39 is 32.5 Å². The number of carbonyl (C=O) groups excluding carboxylic acids is 2. The smallest absolute Gasteiger partial charge is 0.462 e. The Morgan fingerprint density at radius 2 is 1.56 bits per heavy atom. The SMILES string of the molecule is CCC/C=C\CCCCCCCC(=O)OC(COC(=O)CC)COP(=O)(O)OCC[N+](C)(C)C. The molecule has 0 aromatic rings. The van der Waals surface area contributed by atoms with Crippen LogP contribution in [0.15, 0.2) is 12.2 Å². The molecule has 34 heavy (non-hydrogen) atoms. The van der Waals surface area contributed by atoms with Crippen LogP contribution in [0.3, 0.4) is 0 Å². The Bertz CT molecular complexity index is 633. The number of ether oxygens (including phenoxy) is 2. The van der Waals surface area contributed by atoms with Crippen molar-refractivity contribution < 1.29 is 42.1 Å². The van der Waals surface area contributed by atoms with Crippen molar-refractivity contribution >= 4 is 19.8 Å². The number of allylic oxidation sites excluding steroid dienone is 2. The molecule has 0 aromatic heterocycles. The predicted octanol–water partition coefficient (Wildman–Crippen LogP) is 4.78. The fourth-order valence-electron chi connectivity index (χ4n) is 2.76. The Balaban J connectivity index is 4.36. The second kappa shape index (κ2) is 19.0. The minimum absolute atomic E-state index is 0.0293. The molecule has 0 saturated heterocycles. The first-order chi connectivity index (χ1) is 16.0. The summed E-state index contributed by atoms with van der Waals surface area (Å²) in [4.78, 5) is 33.6. The molecule has 0 spiro atoms. The molecule has 2 unspecified atom stereocenters. The highest BCUT2D eigenvalue weighted by atomic mass is 31.2. The number of rotatable bonds is 21. The van der Waals surface area contributed by atoms with E-state index in [1.165, 1.54) is 6.42 Å². The highest BCUT2D eigenvalue weighted by Crippen LogP contribution is 2.43. The van der Waals surface area contributed by atoms with Crippen molar-refractivity contribution in [2.75, 3.05) is 47.5 Å². The average Bonchev–Trinajstić information content (AvgIpc) is 2.75. The van der Waals surface area contributed by atoms with E-state index in [2.05, 4.69) is 19.1 Å². The minimum atomic E-state index is -4.32. The van der Waals surface area contributed by atoms with Crippen molar-refractivity contribution in [3.05, 3.63) is 12.2 Å². The number of phosphoric ester groups is 1. The van der Waals surface area contributed by atoms with Gasteiger partial charge in [0.25, 0.3) is 0 Å². The van der Waals surface area contributed by atoms with Gasteiger partial charge in [0.1, 0.15) is 19.8 Å². The van der Waals surface area contributed by atoms with Gasteiger partial charge in [-0.25, -0.2) is 4.57 Å². The van der Waals surface area contributed by atoms with E-state index in [1.54, 1.807) is 6.92 Å². The Morgan fingerprint density at radius 3 is 2.21 bits per heavy atom. The van der Waals surface area contributed by atoms with Crippen LogP contribution in [0.2, 0.25) is 0 Å². The lowest BCUT2D eigenvalue weighted by atomic mass is 10.1. The summed E-state index contributed by atoms with van der Waals surface area (Å²) in [6, 6.07) is 0. The Kier molecular flexibility index (Phi) is 18.3. The zero-order valence-electron chi connectivity index (χ0n) is 21.8. The molecule has 0 amide bonds. The highest BCUT2D eigenvalue weighted by molar-refractivity contribution is 7.47. The molecule has 0 saturated carbocycles. The number of carbonyl (C=O) groups is 2. The molecule has 0 aliphatic heterocycles. The number of phosphoric acid groups is 1. The predicted molar refractivity (Wildman–Crippen MR) is 132 cm³/mol. The first kappa shape index (κ1) is 32.8. The van der Waals surface area contributed by atoms with Crippen molar-refractivity contribution in [3.63, 3.8) is 0 Å². The molecule has 10 heteroatoms. The lowest BCUT2D eigenvalue weighted by molar-refractivity contribution is -0.870. The third-order valence-electron chi connectivity index (χ3n) is 4.83. The molecule has 0 aliphatic rings. The van der Waals surface area contributed by atoms with Gasteiger partial charge in [0.2, 0.25) is 0 Å². The van der Waals surface area contributed by atoms with Crippen LogP contribution in [0.5, 0.6) is 0 Å². The van der Waals surface area contributed by atoms with Crippen molar-refractivity contribution in [1.29, 1.82) is 0 Å². The number of quaternary nitrogens is 1. The molecule has 2 atom stereocenters. The zero-order chi connectivity index (χ0) is 25.9. The number of esters is 2. The number of unbranched alkanes of at least 4 members (excludes halogenated alkanes) is 6. The summed E-state index contributed by atoms with van der Waals surface area (Å²) in [7, 11) is 1.46. The Morgan fingerprint density at radius 1 is 0.912 bits per heavy atom. The monoisotopic (exact) mass is 508 g/mol. The van der Waals surface area contributed by atoms with E-state index in [1.807, 2.05) is 21.1 Å². The Labute approximate surface area is 206 Å². The fraction of sp³-hybridized carbons (Fsp3) is 0.833. The van der Waals surface area contributed by atoms with Crippen LogP contribution in [-0.2, 0) is 32.7 Å². The summed E-state index contributed by atoms with van der Waals surface area (Å²) in [5.74, 6) is -0.917. The lowest BCUT2D eigenvalue weighted by Gasteiger charge is -2.24. The zero-order valence-corrected chi connectivity index (χ0v) is 22.7. The maximum atomic E-state index is 12.2. The molecule has 1 N–H and O–H groups in total. The summed E-state index contributed by atoms with van der Waals surface area (Å²) >= 11 is 0. The third kappa shape index (κ3) is 21.3. The van der Waals surface area contributed by atoms with Crippen LogP contribution < -0.4 is 0 Å². The largest absolute Gasteiger partial charge is 0.472 e. The number of nitrogens with zero attached hydrogens (tertiary/aromatic N) is 1. The Hall–Kier alpha value is -1.25. The van der Waals surface area contributed by atoms with Gasteiger partial charge >= 0.3 is 19.8 Å². The molecule has 200 valence electrons. The van der Waals surface area contributed by atoms with Gasteiger partial charge in [0, 0.05) is 12.8 Å². The molecular formula is C24H47NO8P+. The maximum absolute atomic E-state index is 12.2. The van der Waals surface area contributed by atoms with Crippen LogP contribution in [-0.4, -0.2) is 74.9 Å². The standard InChI is InChI=1S/C24H46NO8P/c1-6-8-9-10-11-12-13-14-15-16-17-24(27)33-22(20-30-23(26)7-2)21-32-34(28,29)31-19-18-25(3,4)5/h9-10,22H,6-8,11-21H2,1-5H3/p+1/b10-9-. The van der Waals surface area contributed by atoms with Crippen molar-refractivity contribution in [2.24, 2.45) is 0 Å². The molecule has 0 aromatic carbocycles. The van der Waals surface area contributed by atoms with Crippen molar-refractivity contribution in [3.8, 4) is 0 Å². The molecule has 0 fully saturated rings. The van der Waals surface area contributed by atoms with Crippen molar-refractivity contribution in [2.45, 2.75) is 84.2 Å². The average molecular weight is 509 g/mol. The second-order valence-electron chi connectivity index (χ2n) is 9.33. The van der Waals surface area contributed by atoms with E-state index >= 15 is 0 Å². The molecule has 0 radical (unpaired) electrons. The van der Waals surface area contributed by atoms with E-state index in [-0.39, 0.29) is 26.1 Å². The summed E-state index contributed by atoms with van der Waals surface area (Å²) < 4.78 is 33.0. The van der Waals surface area contributed by atoms with Crippen LogP contribution in [0.4, 0.5) is 0 Å². The summed E-state index contributed by atoms with van der Waals surface area (Å²) in [5.41, 5.74) is 0. The van der Waals surface area contributed by atoms with E-state index in [0.717, 1.165) is 38.5 Å². The molecule has 0 rings (SSSR count). The number of likely N-dealkylation sites (N-methyl/N-ethyl adjacent to an activating group) is 1. The first-order valence-electron chi connectivity index (χ1n) is 12.4. The van der Waals surface area contributed by atoms with Gasteiger partial charge in [-0.15, -0.1) is 0 Å². The van der Waals surface area contributed by atoms with E-state index in [0.29, 0.717) is 17.4 Å². The molecule has 0 heterocycles. The van der Waals surface area contributed by atoms with Gasteiger partial charge in [0.05, 0.1) is 27.7 Å². The normalized spacial score (nSPS) is 14.6. The van der Waals surface area contributed by atoms with E-state index in [9.17, 15) is 19.0 Å². The topological polar surface area (TPSA) is 108 Å². The number of hydrogen-bond acceptors (Lipinski definition) is 7. The summed E-state index contributed by atoms with van der Waals surface area (Å²) in [6.07, 6.45) is 12.2. The second-order valence-corrected chi connectivity index (χ2v) is 10.8. The fourth-order valence-corrected chi connectivity index (χ4v) is 3.50. The first-order valence-corrected chi connectivity index (χ1v) is 13.9. The quantitative estimate of drug-likeness (QED) is 0.0776. The third-order valence-corrected chi connectivity index (χ3v) is 5.82. The van der Waals surface area contributed by atoms with Crippen LogP contribution in [0.25, 0.3) is 0 Å². The van der Waals surface area contributed by atoms with Gasteiger partial charge in [-0.05, 0) is 25.7 Å². The molecule has 9 nitrogen and oxygen atoms in total. The summed E-state index contributed by atoms with van der Waals surface area (Å²) in [6.45, 7) is 3.69. The minimum Gasteiger partial charge on any atom is -0.462 e. The van der Waals surface area contributed by atoms with Gasteiger partial charge in [-0.3, -0.25) is 18.6 Å². The van der Waals surface area contributed by atoms with Crippen LogP contribution >= 0.6 is 7.82 Å². The lowest BCUT2D eigenvalue weighted by Crippen LogP contribution is -2.37. The summed E-state index contributed by atoms with van der Waals surface area (Å²) in [5, 5.41) is 0. The van der Waals surface area contributed by atoms with E-state index in [4.69, 9.17) is 18.5 Å². The number of hydrogen-bond donors (Lipinski definition) is 1. The molecule has 0 aliphatic carbocycles. The van der Waals surface area contributed by atoms with Crippen LogP contribution in [0, 0.1) is 0 Å². The highest BCUT2D eigenvalue weighted by Gasteiger charge is 2.26. The van der Waals surface area contributed by atoms with Crippen molar-refractivity contribution in [1.82, 2.24) is 0 Å². The van der Waals surface area contributed by atoms with Crippen LogP contribution in [0.1, 0.15) is 78.1 Å². The maximum Gasteiger partial charge on any atom is 0.472 e. The van der Waals surface area contributed by atoms with Gasteiger partial charge < -0.3 is 18.9 Å². The molecular weight excluding hydrogens is 461 g/mol. The van der Waals surface area contributed by atoms with Gasteiger partial charge in [0.15, 0.2) is 6.10 Å². The van der Waals surface area contributed by atoms with Gasteiger partial charge in [-0.2, -0.15) is 0 Å². The van der Waals surface area contributed by atoms with Gasteiger partial charge in [-0.1, -0.05) is 51.7 Å².